The minimum Gasteiger partial charge on any atom is -0.276 e. The Bertz CT molecular complexity index is 1200. The molecule has 2 aromatic carbocycles. The van der Waals surface area contributed by atoms with E-state index in [-0.39, 0.29) is 0 Å². The average Bonchev–Trinajstić information content (AvgIpc) is 2.93. The van der Waals surface area contributed by atoms with E-state index < -0.39 is 10.0 Å². The highest BCUT2D eigenvalue weighted by Crippen LogP contribution is 2.32. The van der Waals surface area contributed by atoms with Crippen LogP contribution in [0.25, 0.3) is 0 Å². The first-order valence-electron chi connectivity index (χ1n) is 9.82. The maximum absolute atomic E-state index is 13.4. The molecule has 0 spiro atoms. The molecule has 1 heterocycles. The fraction of sp³-hybridized carbons (Fsp3) is 0.348. The van der Waals surface area contributed by atoms with Crippen LogP contribution in [0.2, 0.25) is 5.02 Å². The van der Waals surface area contributed by atoms with Crippen molar-refractivity contribution in [3.05, 3.63) is 74.1 Å². The van der Waals surface area contributed by atoms with Crippen LogP contribution in [0.15, 0.2) is 29.2 Å². The van der Waals surface area contributed by atoms with E-state index >= 15 is 0 Å². The molecule has 3 rings (SSSR count). The van der Waals surface area contributed by atoms with Gasteiger partial charge in [0.25, 0.3) is 10.0 Å². The van der Waals surface area contributed by atoms with E-state index in [0.29, 0.717) is 27.8 Å². The summed E-state index contributed by atoms with van der Waals surface area (Å²) in [6.07, 6.45) is 0. The van der Waals surface area contributed by atoms with Gasteiger partial charge in [-0.2, -0.15) is 5.10 Å². The van der Waals surface area contributed by atoms with Gasteiger partial charge in [0.2, 0.25) is 0 Å². The zero-order valence-electron chi connectivity index (χ0n) is 18.5. The van der Waals surface area contributed by atoms with Crippen molar-refractivity contribution in [2.75, 3.05) is 4.72 Å². The highest BCUT2D eigenvalue weighted by Gasteiger charge is 2.26. The van der Waals surface area contributed by atoms with Crippen molar-refractivity contribution in [3.8, 4) is 0 Å². The average molecular weight is 446 g/mol. The molecule has 0 radical (unpaired) electrons. The maximum Gasteiger partial charge on any atom is 0.262 e. The van der Waals surface area contributed by atoms with Gasteiger partial charge in [0.05, 0.1) is 28.5 Å². The van der Waals surface area contributed by atoms with Crippen LogP contribution in [-0.2, 0) is 16.6 Å². The summed E-state index contributed by atoms with van der Waals surface area (Å²) in [4.78, 5) is 0.354. The molecule has 0 atom stereocenters. The summed E-state index contributed by atoms with van der Waals surface area (Å²) >= 11 is 5.96. The first kappa shape index (κ1) is 22.4. The molecule has 0 saturated heterocycles. The second-order valence-corrected chi connectivity index (χ2v) is 9.95. The number of nitrogens with zero attached hydrogens (tertiary/aromatic N) is 2. The lowest BCUT2D eigenvalue weighted by atomic mass is 9.95. The third kappa shape index (κ3) is 3.98. The lowest BCUT2D eigenvalue weighted by Gasteiger charge is -2.19. The molecule has 0 amide bonds. The Kier molecular flexibility index (Phi) is 6.03. The van der Waals surface area contributed by atoms with Crippen LogP contribution in [-0.4, -0.2) is 18.2 Å². The molecular formula is C23H28ClN3O2S. The van der Waals surface area contributed by atoms with Crippen molar-refractivity contribution in [1.82, 2.24) is 9.78 Å². The van der Waals surface area contributed by atoms with Gasteiger partial charge in [-0.05, 0) is 94.0 Å². The summed E-state index contributed by atoms with van der Waals surface area (Å²) in [5.74, 6) is 0. The zero-order chi connectivity index (χ0) is 22.4. The second kappa shape index (κ2) is 8.08. The monoisotopic (exact) mass is 445 g/mol. The van der Waals surface area contributed by atoms with E-state index in [1.807, 2.05) is 77.4 Å². The molecule has 30 heavy (non-hydrogen) atoms. The van der Waals surface area contributed by atoms with E-state index in [4.69, 9.17) is 11.6 Å². The van der Waals surface area contributed by atoms with E-state index in [9.17, 15) is 8.42 Å². The summed E-state index contributed by atoms with van der Waals surface area (Å²) in [5, 5.41) is 5.23. The van der Waals surface area contributed by atoms with Crippen molar-refractivity contribution >= 4 is 27.3 Å². The summed E-state index contributed by atoms with van der Waals surface area (Å²) in [5.41, 5.74) is 7.68. The van der Waals surface area contributed by atoms with Crippen LogP contribution < -0.4 is 4.72 Å². The van der Waals surface area contributed by atoms with Gasteiger partial charge in [-0.3, -0.25) is 9.40 Å². The molecule has 0 saturated carbocycles. The summed E-state index contributed by atoms with van der Waals surface area (Å²) in [7, 11) is -3.77. The number of hydrogen-bond acceptors (Lipinski definition) is 3. The highest BCUT2D eigenvalue weighted by atomic mass is 35.5. The molecule has 0 aliphatic heterocycles. The Morgan fingerprint density at radius 1 is 0.867 bits per heavy atom. The van der Waals surface area contributed by atoms with E-state index in [2.05, 4.69) is 9.82 Å². The van der Waals surface area contributed by atoms with Gasteiger partial charge in [0.15, 0.2) is 0 Å². The summed E-state index contributed by atoms with van der Waals surface area (Å²) in [6, 6.07) is 7.54. The zero-order valence-corrected chi connectivity index (χ0v) is 20.1. The Morgan fingerprint density at radius 2 is 1.37 bits per heavy atom. The summed E-state index contributed by atoms with van der Waals surface area (Å²) < 4.78 is 31.4. The van der Waals surface area contributed by atoms with Gasteiger partial charge in [0, 0.05) is 5.02 Å². The lowest BCUT2D eigenvalue weighted by molar-refractivity contribution is 0.599. The van der Waals surface area contributed by atoms with Crippen molar-refractivity contribution in [3.63, 3.8) is 0 Å². The van der Waals surface area contributed by atoms with E-state index in [0.717, 1.165) is 39.1 Å². The number of benzene rings is 2. The Labute approximate surface area is 184 Å². The molecule has 5 nitrogen and oxygen atoms in total. The molecule has 1 N–H and O–H groups in total. The topological polar surface area (TPSA) is 64.0 Å². The molecule has 0 fully saturated rings. The van der Waals surface area contributed by atoms with E-state index in [1.54, 1.807) is 0 Å². The number of rotatable bonds is 5. The SMILES string of the molecule is Cc1nn(Cc2ccc(Cl)cc2)c(C)c1NS(=O)(=O)c1c(C)c(C)c(C)c(C)c1C. The Hall–Kier alpha value is -2.31. The van der Waals surface area contributed by atoms with Crippen LogP contribution in [0.3, 0.4) is 0 Å². The minimum atomic E-state index is -3.77. The molecular weight excluding hydrogens is 418 g/mol. The smallest absolute Gasteiger partial charge is 0.262 e. The largest absolute Gasteiger partial charge is 0.276 e. The normalized spacial score (nSPS) is 11.7. The molecule has 1 aromatic heterocycles. The van der Waals surface area contributed by atoms with E-state index in [1.165, 1.54) is 0 Å². The molecule has 7 heteroatoms. The highest BCUT2D eigenvalue weighted by molar-refractivity contribution is 7.92. The first-order valence-corrected chi connectivity index (χ1v) is 11.7. The number of aromatic nitrogens is 2. The first-order chi connectivity index (χ1) is 13.9. The predicted molar refractivity (Wildman–Crippen MR) is 123 cm³/mol. The van der Waals surface area contributed by atoms with Crippen molar-refractivity contribution < 1.29 is 8.42 Å². The standard InChI is InChI=1S/C23H28ClN3O2S/c1-13-14(2)16(4)23(17(5)15(13)3)30(28,29)26-22-18(6)25-27(19(22)7)12-20-8-10-21(24)11-9-20/h8-11,26H,12H2,1-7H3. The van der Waals surface area contributed by atoms with Gasteiger partial charge in [0.1, 0.15) is 0 Å². The fourth-order valence-electron chi connectivity index (χ4n) is 3.82. The second-order valence-electron chi connectivity index (χ2n) is 7.89. The molecule has 160 valence electrons. The third-order valence-electron chi connectivity index (χ3n) is 6.06. The molecule has 0 aliphatic rings. The molecule has 3 aromatic rings. The van der Waals surface area contributed by atoms with Gasteiger partial charge in [-0.15, -0.1) is 0 Å². The molecule has 0 aliphatic carbocycles. The number of sulfonamides is 1. The number of aryl methyl sites for hydroxylation is 1. The van der Waals surface area contributed by atoms with Gasteiger partial charge >= 0.3 is 0 Å². The minimum absolute atomic E-state index is 0.354. The Balaban J connectivity index is 2.01. The number of hydrogen-bond donors (Lipinski definition) is 1. The van der Waals surface area contributed by atoms with Crippen LogP contribution in [0.1, 0.15) is 44.8 Å². The number of halogens is 1. The predicted octanol–water partition coefficient (Wildman–Crippen LogP) is 5.54. The summed E-state index contributed by atoms with van der Waals surface area (Å²) in [6.45, 7) is 13.9. The molecule has 0 unspecified atom stereocenters. The number of anilines is 1. The Morgan fingerprint density at radius 3 is 1.90 bits per heavy atom. The quantitative estimate of drug-likeness (QED) is 0.560. The van der Waals surface area contributed by atoms with Gasteiger partial charge < -0.3 is 0 Å². The van der Waals surface area contributed by atoms with Crippen LogP contribution in [0.4, 0.5) is 5.69 Å². The number of nitrogens with one attached hydrogen (secondary N) is 1. The maximum atomic E-state index is 13.4. The lowest BCUT2D eigenvalue weighted by Crippen LogP contribution is -2.18. The van der Waals surface area contributed by atoms with Crippen LogP contribution in [0.5, 0.6) is 0 Å². The van der Waals surface area contributed by atoms with Crippen LogP contribution >= 0.6 is 11.6 Å². The van der Waals surface area contributed by atoms with Crippen LogP contribution in [0, 0.1) is 48.5 Å². The third-order valence-corrected chi connectivity index (χ3v) is 7.94. The molecule has 0 bridgehead atoms. The fourth-order valence-corrected chi connectivity index (χ4v) is 5.72. The van der Waals surface area contributed by atoms with Gasteiger partial charge in [-0.25, -0.2) is 8.42 Å². The van der Waals surface area contributed by atoms with Gasteiger partial charge in [-0.1, -0.05) is 23.7 Å². The van der Waals surface area contributed by atoms with Crippen molar-refractivity contribution in [2.45, 2.75) is 59.9 Å². The van der Waals surface area contributed by atoms with Crippen molar-refractivity contribution in [2.24, 2.45) is 0 Å². The van der Waals surface area contributed by atoms with Crippen molar-refractivity contribution in [1.29, 1.82) is 0 Å².